The maximum absolute atomic E-state index is 12.0. The van der Waals surface area contributed by atoms with Crippen LogP contribution in [0.2, 0.25) is 0 Å². The highest BCUT2D eigenvalue weighted by Gasteiger charge is 2.51. The molecular formula is C13H18N2O2. The van der Waals surface area contributed by atoms with Gasteiger partial charge >= 0.3 is 0 Å². The molecule has 1 amide bonds. The Bertz CT molecular complexity index is 436. The van der Waals surface area contributed by atoms with Crippen molar-refractivity contribution in [3.63, 3.8) is 0 Å². The molecule has 1 N–H and O–H groups in total. The predicted octanol–water partition coefficient (Wildman–Crippen LogP) is 2.21. The Labute approximate surface area is 101 Å². The zero-order valence-electron chi connectivity index (χ0n) is 10.3. The van der Waals surface area contributed by atoms with Gasteiger partial charge in [0.1, 0.15) is 11.8 Å². The van der Waals surface area contributed by atoms with E-state index in [2.05, 4.69) is 10.3 Å². The van der Waals surface area contributed by atoms with E-state index in [9.17, 15) is 4.79 Å². The Kier molecular flexibility index (Phi) is 2.45. The maximum atomic E-state index is 12.0. The summed E-state index contributed by atoms with van der Waals surface area (Å²) in [6, 6.07) is -0.128. The topological polar surface area (TPSA) is 55.1 Å². The van der Waals surface area contributed by atoms with Gasteiger partial charge in [-0.3, -0.25) is 4.79 Å². The number of oxazole rings is 1. The Morgan fingerprint density at radius 2 is 2.35 bits per heavy atom. The molecule has 2 aliphatic rings. The van der Waals surface area contributed by atoms with E-state index in [1.54, 1.807) is 6.20 Å². The molecule has 4 nitrogen and oxygen atoms in total. The van der Waals surface area contributed by atoms with Gasteiger partial charge in [-0.25, -0.2) is 4.98 Å². The molecule has 0 bridgehead atoms. The summed E-state index contributed by atoms with van der Waals surface area (Å²) in [6.07, 6.45) is 5.40. The highest BCUT2D eigenvalue weighted by atomic mass is 16.4. The van der Waals surface area contributed by atoms with Crippen LogP contribution in [0.25, 0.3) is 0 Å². The molecule has 1 aromatic heterocycles. The van der Waals surface area contributed by atoms with Gasteiger partial charge in [-0.1, -0.05) is 0 Å². The van der Waals surface area contributed by atoms with Crippen molar-refractivity contribution in [3.8, 4) is 0 Å². The molecule has 0 radical (unpaired) electrons. The third-order valence-corrected chi connectivity index (χ3v) is 3.77. The molecular weight excluding hydrogens is 216 g/mol. The molecule has 2 saturated carbocycles. The van der Waals surface area contributed by atoms with Gasteiger partial charge in [0.2, 0.25) is 11.8 Å². The lowest BCUT2D eigenvalue weighted by Gasteiger charge is -2.10. The largest absolute Gasteiger partial charge is 0.444 e. The van der Waals surface area contributed by atoms with Gasteiger partial charge in [-0.2, -0.15) is 0 Å². The van der Waals surface area contributed by atoms with Crippen molar-refractivity contribution in [2.24, 2.45) is 17.8 Å². The van der Waals surface area contributed by atoms with E-state index in [1.165, 1.54) is 12.8 Å². The summed E-state index contributed by atoms with van der Waals surface area (Å²) in [5.74, 6) is 3.30. The number of nitrogens with one attached hydrogen (secondary N) is 1. The number of hydrogen-bond acceptors (Lipinski definition) is 3. The van der Waals surface area contributed by atoms with Crippen molar-refractivity contribution in [1.82, 2.24) is 10.3 Å². The highest BCUT2D eigenvalue weighted by molar-refractivity contribution is 5.81. The van der Waals surface area contributed by atoms with Crippen LogP contribution in [0.4, 0.5) is 0 Å². The van der Waals surface area contributed by atoms with E-state index in [0.29, 0.717) is 11.8 Å². The molecule has 0 spiro atoms. The first-order chi connectivity index (χ1) is 8.15. The average Bonchev–Trinajstić information content (AvgIpc) is 3.15. The van der Waals surface area contributed by atoms with Crippen LogP contribution in [0, 0.1) is 24.7 Å². The molecule has 17 heavy (non-hydrogen) atoms. The molecule has 0 aromatic carbocycles. The standard InChI is InChI=1S/C13H18N2O2/c1-7-6-14-13(17-7)8(2)15-12(16)11-5-10(11)9-3-4-9/h6,8-11H,3-5H2,1-2H3,(H,15,16)/t8?,10-,11+/m1/s1. The minimum absolute atomic E-state index is 0.128. The van der Waals surface area contributed by atoms with E-state index in [0.717, 1.165) is 18.1 Å². The summed E-state index contributed by atoms with van der Waals surface area (Å²) in [7, 11) is 0. The Morgan fingerprint density at radius 1 is 1.59 bits per heavy atom. The Hall–Kier alpha value is -1.32. The molecule has 0 aliphatic heterocycles. The van der Waals surface area contributed by atoms with Gasteiger partial charge < -0.3 is 9.73 Å². The molecule has 2 aliphatic carbocycles. The minimum Gasteiger partial charge on any atom is -0.444 e. The first-order valence-corrected chi connectivity index (χ1v) is 6.38. The van der Waals surface area contributed by atoms with Crippen molar-refractivity contribution in [2.45, 2.75) is 39.2 Å². The van der Waals surface area contributed by atoms with E-state index in [-0.39, 0.29) is 17.9 Å². The van der Waals surface area contributed by atoms with Crippen LogP contribution >= 0.6 is 0 Å². The highest BCUT2D eigenvalue weighted by Crippen LogP contribution is 2.54. The van der Waals surface area contributed by atoms with Gasteiger partial charge in [0.25, 0.3) is 0 Å². The van der Waals surface area contributed by atoms with Crippen molar-refractivity contribution in [3.05, 3.63) is 17.8 Å². The van der Waals surface area contributed by atoms with Gasteiger partial charge in [-0.15, -0.1) is 0 Å². The second kappa shape index (κ2) is 3.86. The summed E-state index contributed by atoms with van der Waals surface area (Å²) in [4.78, 5) is 16.1. The maximum Gasteiger partial charge on any atom is 0.224 e. The fraction of sp³-hybridized carbons (Fsp3) is 0.692. The second-order valence-corrected chi connectivity index (χ2v) is 5.38. The van der Waals surface area contributed by atoms with Gasteiger partial charge in [-0.05, 0) is 44.9 Å². The number of aryl methyl sites for hydroxylation is 1. The predicted molar refractivity (Wildman–Crippen MR) is 62.1 cm³/mol. The smallest absolute Gasteiger partial charge is 0.224 e. The number of hydrogen-bond donors (Lipinski definition) is 1. The number of carbonyl (C=O) groups excluding carboxylic acids is 1. The normalized spacial score (nSPS) is 28.8. The van der Waals surface area contributed by atoms with Crippen molar-refractivity contribution >= 4 is 5.91 Å². The molecule has 2 fully saturated rings. The monoisotopic (exact) mass is 234 g/mol. The van der Waals surface area contributed by atoms with Crippen LogP contribution in [0.3, 0.4) is 0 Å². The Balaban J connectivity index is 1.54. The molecule has 0 saturated heterocycles. The summed E-state index contributed by atoms with van der Waals surface area (Å²) < 4.78 is 5.41. The van der Waals surface area contributed by atoms with Crippen LogP contribution in [0.5, 0.6) is 0 Å². The first kappa shape index (κ1) is 10.8. The zero-order chi connectivity index (χ0) is 12.0. The van der Waals surface area contributed by atoms with E-state index < -0.39 is 0 Å². The third-order valence-electron chi connectivity index (χ3n) is 3.77. The number of nitrogens with zero attached hydrogens (tertiary/aromatic N) is 1. The lowest BCUT2D eigenvalue weighted by Crippen LogP contribution is -2.28. The van der Waals surface area contributed by atoms with Crippen LogP contribution in [0.1, 0.15) is 43.9 Å². The third kappa shape index (κ3) is 2.21. The fourth-order valence-corrected chi connectivity index (χ4v) is 2.52. The zero-order valence-corrected chi connectivity index (χ0v) is 10.3. The fourth-order valence-electron chi connectivity index (χ4n) is 2.52. The SMILES string of the molecule is Cc1cnc(C(C)NC(=O)[C@H]2C[C@@H]2C2CC2)o1. The first-order valence-electron chi connectivity index (χ1n) is 6.38. The molecule has 1 heterocycles. The lowest BCUT2D eigenvalue weighted by atomic mass is 10.2. The number of aromatic nitrogens is 1. The van der Waals surface area contributed by atoms with E-state index in [4.69, 9.17) is 4.42 Å². The van der Waals surface area contributed by atoms with Crippen LogP contribution in [0.15, 0.2) is 10.6 Å². The van der Waals surface area contributed by atoms with Crippen molar-refractivity contribution in [2.75, 3.05) is 0 Å². The lowest BCUT2D eigenvalue weighted by molar-refractivity contribution is -0.123. The average molecular weight is 234 g/mol. The molecule has 92 valence electrons. The van der Waals surface area contributed by atoms with E-state index >= 15 is 0 Å². The minimum atomic E-state index is -0.128. The van der Waals surface area contributed by atoms with Crippen LogP contribution in [-0.2, 0) is 4.79 Å². The summed E-state index contributed by atoms with van der Waals surface area (Å²) in [5, 5.41) is 2.99. The van der Waals surface area contributed by atoms with Gasteiger partial charge in [0, 0.05) is 5.92 Å². The molecule has 1 aromatic rings. The van der Waals surface area contributed by atoms with Crippen LogP contribution < -0.4 is 5.32 Å². The summed E-state index contributed by atoms with van der Waals surface area (Å²) >= 11 is 0. The number of rotatable bonds is 4. The second-order valence-electron chi connectivity index (χ2n) is 5.38. The van der Waals surface area contributed by atoms with Crippen molar-refractivity contribution < 1.29 is 9.21 Å². The summed E-state index contributed by atoms with van der Waals surface area (Å²) in [5.41, 5.74) is 0. The number of amides is 1. The van der Waals surface area contributed by atoms with Crippen molar-refractivity contribution in [1.29, 1.82) is 0 Å². The number of carbonyl (C=O) groups is 1. The molecule has 1 unspecified atom stereocenters. The van der Waals surface area contributed by atoms with E-state index in [1.807, 2.05) is 13.8 Å². The Morgan fingerprint density at radius 3 is 2.94 bits per heavy atom. The summed E-state index contributed by atoms with van der Waals surface area (Å²) in [6.45, 7) is 3.77. The molecule has 3 rings (SSSR count). The molecule has 3 atom stereocenters. The van der Waals surface area contributed by atoms with Gasteiger partial charge in [0.05, 0.1) is 6.20 Å². The quantitative estimate of drug-likeness (QED) is 0.869. The van der Waals surface area contributed by atoms with Gasteiger partial charge in [0.15, 0.2) is 0 Å². The molecule has 4 heteroatoms. The van der Waals surface area contributed by atoms with Crippen LogP contribution in [-0.4, -0.2) is 10.9 Å².